The van der Waals surface area contributed by atoms with Crippen molar-refractivity contribution >= 4 is 17.7 Å². The number of methoxy groups -OCH3 is 1. The summed E-state index contributed by atoms with van der Waals surface area (Å²) < 4.78 is 12.0. The molecule has 1 amide bonds. The maximum atomic E-state index is 13.5. The summed E-state index contributed by atoms with van der Waals surface area (Å²) in [7, 11) is 3.25. The number of esters is 1. The summed E-state index contributed by atoms with van der Waals surface area (Å²) in [5.74, 6) is -0.485. The van der Waals surface area contributed by atoms with Crippen LogP contribution in [0.25, 0.3) is 0 Å². The smallest absolute Gasteiger partial charge is 0.355 e. The number of Topliss-reactive ketones (excluding diaryl/α,β-unsaturated/α-hetero) is 1. The summed E-state index contributed by atoms with van der Waals surface area (Å²) in [5.41, 5.74) is 2.36. The summed E-state index contributed by atoms with van der Waals surface area (Å²) in [5, 5.41) is 0. The van der Waals surface area contributed by atoms with Crippen LogP contribution in [0.3, 0.4) is 0 Å². The highest BCUT2D eigenvalue weighted by Gasteiger charge is 2.32. The molecule has 0 aliphatic rings. The Bertz CT molecular complexity index is 1010. The third kappa shape index (κ3) is 4.71. The van der Waals surface area contributed by atoms with Crippen LogP contribution in [0.5, 0.6) is 5.75 Å². The van der Waals surface area contributed by atoms with Crippen LogP contribution >= 0.6 is 0 Å². The summed E-state index contributed by atoms with van der Waals surface area (Å²) in [4.78, 5) is 40.5. The van der Waals surface area contributed by atoms with Crippen molar-refractivity contribution < 1.29 is 23.9 Å². The first kappa shape index (κ1) is 23.9. The molecule has 0 aliphatic carbocycles. The highest BCUT2D eigenvalue weighted by molar-refractivity contribution is 6.07. The van der Waals surface area contributed by atoms with Crippen molar-refractivity contribution in [2.75, 3.05) is 20.3 Å². The van der Waals surface area contributed by atoms with E-state index in [0.29, 0.717) is 33.8 Å². The minimum absolute atomic E-state index is 0.193. The van der Waals surface area contributed by atoms with E-state index in [-0.39, 0.29) is 24.8 Å². The van der Waals surface area contributed by atoms with Gasteiger partial charge < -0.3 is 18.9 Å². The van der Waals surface area contributed by atoms with Gasteiger partial charge >= 0.3 is 5.97 Å². The van der Waals surface area contributed by atoms with Gasteiger partial charge in [0.25, 0.3) is 5.91 Å². The molecule has 0 spiro atoms. The third-order valence-electron chi connectivity index (χ3n) is 5.40. The zero-order valence-electron chi connectivity index (χ0n) is 19.0. The van der Waals surface area contributed by atoms with Crippen molar-refractivity contribution in [3.05, 3.63) is 65.0 Å². The lowest BCUT2D eigenvalue weighted by Crippen LogP contribution is -2.43. The van der Waals surface area contributed by atoms with Gasteiger partial charge in [-0.3, -0.25) is 9.59 Å². The van der Waals surface area contributed by atoms with E-state index in [1.807, 2.05) is 0 Å². The van der Waals surface area contributed by atoms with Gasteiger partial charge in [0.2, 0.25) is 0 Å². The lowest BCUT2D eigenvalue weighted by atomic mass is 9.99. The van der Waals surface area contributed by atoms with E-state index in [1.165, 1.54) is 12.0 Å². The van der Waals surface area contributed by atoms with Crippen LogP contribution in [0, 0.1) is 13.8 Å². The van der Waals surface area contributed by atoms with Gasteiger partial charge in [0.05, 0.1) is 19.8 Å². The van der Waals surface area contributed by atoms with Gasteiger partial charge in [-0.2, -0.15) is 0 Å². The highest BCUT2D eigenvalue weighted by atomic mass is 16.5. The standard InChI is InChI=1S/C24H30N2O5/c1-8-13-26(23(28)18-11-10-12-19(14-18)30-7)17(5)22(27)20-15(3)21(24(29)31-9-2)25(6)16(20)4/h8,10-12,14,17H,1,9,13H2,2-7H3. The summed E-state index contributed by atoms with van der Waals surface area (Å²) in [6, 6.07) is 6.01. The third-order valence-corrected chi connectivity index (χ3v) is 5.40. The second-order valence-corrected chi connectivity index (χ2v) is 7.23. The molecule has 0 fully saturated rings. The normalized spacial score (nSPS) is 11.5. The Morgan fingerprint density at radius 3 is 2.52 bits per heavy atom. The van der Waals surface area contributed by atoms with Gasteiger partial charge in [-0.15, -0.1) is 6.58 Å². The van der Waals surface area contributed by atoms with Crippen molar-refractivity contribution in [2.24, 2.45) is 7.05 Å². The number of nitrogens with zero attached hydrogens (tertiary/aromatic N) is 2. The summed E-state index contributed by atoms with van der Waals surface area (Å²) >= 11 is 0. The number of hydrogen-bond donors (Lipinski definition) is 0. The molecule has 0 aliphatic heterocycles. The molecule has 2 aromatic rings. The maximum absolute atomic E-state index is 13.5. The van der Waals surface area contributed by atoms with Crippen LogP contribution in [-0.4, -0.2) is 53.4 Å². The molecule has 0 radical (unpaired) electrons. The topological polar surface area (TPSA) is 77.8 Å². The average Bonchev–Trinajstić information content (AvgIpc) is 2.98. The summed E-state index contributed by atoms with van der Waals surface area (Å²) in [6.07, 6.45) is 1.58. The molecular formula is C24H30N2O5. The van der Waals surface area contributed by atoms with Gasteiger partial charge in [-0.25, -0.2) is 4.79 Å². The van der Waals surface area contributed by atoms with Crippen LogP contribution < -0.4 is 4.74 Å². The van der Waals surface area contributed by atoms with E-state index < -0.39 is 12.0 Å². The quantitative estimate of drug-likeness (QED) is 0.347. The van der Waals surface area contributed by atoms with Gasteiger partial charge in [0.15, 0.2) is 5.78 Å². The zero-order chi connectivity index (χ0) is 23.3. The number of amides is 1. The Labute approximate surface area is 183 Å². The van der Waals surface area contributed by atoms with Crippen LogP contribution in [0.1, 0.15) is 56.3 Å². The van der Waals surface area contributed by atoms with Crippen LogP contribution in [0.4, 0.5) is 0 Å². The largest absolute Gasteiger partial charge is 0.497 e. The fraction of sp³-hybridized carbons (Fsp3) is 0.375. The molecule has 1 aromatic carbocycles. The molecule has 7 nitrogen and oxygen atoms in total. The van der Waals surface area contributed by atoms with Crippen molar-refractivity contribution in [2.45, 2.75) is 33.7 Å². The molecule has 166 valence electrons. The first-order valence-corrected chi connectivity index (χ1v) is 10.1. The lowest BCUT2D eigenvalue weighted by Gasteiger charge is -2.27. The lowest BCUT2D eigenvalue weighted by molar-refractivity contribution is 0.0513. The van der Waals surface area contributed by atoms with Crippen LogP contribution in [0.2, 0.25) is 0 Å². The van der Waals surface area contributed by atoms with E-state index in [1.54, 1.807) is 69.7 Å². The number of hydrogen-bond acceptors (Lipinski definition) is 5. The zero-order valence-corrected chi connectivity index (χ0v) is 19.0. The maximum Gasteiger partial charge on any atom is 0.355 e. The molecule has 2 rings (SSSR count). The Kier molecular flexibility index (Phi) is 7.80. The minimum Gasteiger partial charge on any atom is -0.497 e. The van der Waals surface area contributed by atoms with E-state index in [4.69, 9.17) is 9.47 Å². The van der Waals surface area contributed by atoms with Crippen LogP contribution in [-0.2, 0) is 11.8 Å². The van der Waals surface area contributed by atoms with Gasteiger partial charge in [0.1, 0.15) is 11.4 Å². The van der Waals surface area contributed by atoms with Crippen molar-refractivity contribution in [3.8, 4) is 5.75 Å². The number of rotatable bonds is 9. The number of carbonyl (C=O) groups excluding carboxylic acids is 3. The Hall–Kier alpha value is -3.35. The fourth-order valence-electron chi connectivity index (χ4n) is 3.66. The van der Waals surface area contributed by atoms with Crippen LogP contribution in [0.15, 0.2) is 36.9 Å². The molecule has 31 heavy (non-hydrogen) atoms. The van der Waals surface area contributed by atoms with E-state index in [0.717, 1.165) is 0 Å². The van der Waals surface area contributed by atoms with E-state index >= 15 is 0 Å². The second-order valence-electron chi connectivity index (χ2n) is 7.23. The van der Waals surface area contributed by atoms with Crippen molar-refractivity contribution in [3.63, 3.8) is 0 Å². The molecule has 1 aromatic heterocycles. The highest BCUT2D eigenvalue weighted by Crippen LogP contribution is 2.25. The van der Waals surface area contributed by atoms with E-state index in [9.17, 15) is 14.4 Å². The molecule has 0 bridgehead atoms. The number of carbonyl (C=O) groups is 3. The molecule has 1 atom stereocenters. The number of ketones is 1. The van der Waals surface area contributed by atoms with Gasteiger partial charge in [-0.1, -0.05) is 12.1 Å². The predicted molar refractivity (Wildman–Crippen MR) is 119 cm³/mol. The Morgan fingerprint density at radius 2 is 1.94 bits per heavy atom. The molecule has 1 heterocycles. The average molecular weight is 427 g/mol. The second kappa shape index (κ2) is 10.1. The van der Waals surface area contributed by atoms with E-state index in [2.05, 4.69) is 6.58 Å². The summed E-state index contributed by atoms with van der Waals surface area (Å²) in [6.45, 7) is 11.1. The SMILES string of the molecule is C=CCN(C(=O)c1cccc(OC)c1)C(C)C(=O)c1c(C)c(C(=O)OCC)n(C)c1C. The first-order valence-electron chi connectivity index (χ1n) is 10.1. The Balaban J connectivity index is 2.45. The molecule has 0 saturated heterocycles. The Morgan fingerprint density at radius 1 is 1.26 bits per heavy atom. The van der Waals surface area contributed by atoms with Gasteiger partial charge in [-0.05, 0) is 51.5 Å². The number of ether oxygens (including phenoxy) is 2. The molecule has 7 heteroatoms. The van der Waals surface area contributed by atoms with Crippen molar-refractivity contribution in [1.82, 2.24) is 9.47 Å². The first-order chi connectivity index (χ1) is 14.7. The minimum atomic E-state index is -0.772. The predicted octanol–water partition coefficient (Wildman–Crippen LogP) is 3.73. The number of aromatic nitrogens is 1. The molecule has 0 saturated carbocycles. The molecular weight excluding hydrogens is 396 g/mol. The number of benzene rings is 1. The molecule has 0 N–H and O–H groups in total. The molecule has 1 unspecified atom stereocenters. The monoisotopic (exact) mass is 426 g/mol. The van der Waals surface area contributed by atoms with Gasteiger partial charge in [0, 0.05) is 30.4 Å². The van der Waals surface area contributed by atoms with Crippen molar-refractivity contribution in [1.29, 1.82) is 0 Å². The fourth-order valence-corrected chi connectivity index (χ4v) is 3.66.